The summed E-state index contributed by atoms with van der Waals surface area (Å²) in [5, 5.41) is 13.1. The number of hydrogen-bond donors (Lipinski definition) is 2. The van der Waals surface area contributed by atoms with E-state index in [0.717, 1.165) is 31.2 Å². The van der Waals surface area contributed by atoms with Crippen molar-refractivity contribution in [3.05, 3.63) is 23.2 Å². The van der Waals surface area contributed by atoms with Crippen LogP contribution in [0.5, 0.6) is 0 Å². The number of anilines is 1. The molecule has 2 aromatic rings. The van der Waals surface area contributed by atoms with Crippen LogP contribution in [0.25, 0.3) is 11.1 Å². The van der Waals surface area contributed by atoms with E-state index in [2.05, 4.69) is 10.3 Å². The Morgan fingerprint density at radius 1 is 1.32 bits per heavy atom. The first kappa shape index (κ1) is 12.8. The number of benzene rings is 1. The summed E-state index contributed by atoms with van der Waals surface area (Å²) in [6.45, 7) is 0.300. The molecule has 1 heterocycles. The lowest BCUT2D eigenvalue weighted by molar-refractivity contribution is 0.185. The third-order valence-electron chi connectivity index (χ3n) is 3.78. The minimum absolute atomic E-state index is 0.300. The first-order valence-electron chi connectivity index (χ1n) is 6.68. The summed E-state index contributed by atoms with van der Waals surface area (Å²) in [6.07, 6.45) is 4.20. The lowest BCUT2D eigenvalue weighted by atomic mass is 9.87. The summed E-state index contributed by atoms with van der Waals surface area (Å²) in [4.78, 5) is 4.40. The summed E-state index contributed by atoms with van der Waals surface area (Å²) in [5.41, 5.74) is 1.52. The van der Waals surface area contributed by atoms with Gasteiger partial charge in [-0.3, -0.25) is 0 Å². The van der Waals surface area contributed by atoms with Crippen molar-refractivity contribution in [1.82, 2.24) is 4.98 Å². The molecular weight excluding hydrogens is 264 g/mol. The van der Waals surface area contributed by atoms with Crippen molar-refractivity contribution >= 4 is 28.7 Å². The second kappa shape index (κ2) is 5.39. The molecule has 2 N–H and O–H groups in total. The van der Waals surface area contributed by atoms with Crippen LogP contribution in [-0.4, -0.2) is 22.7 Å². The summed E-state index contributed by atoms with van der Waals surface area (Å²) >= 11 is 5.92. The number of nitrogens with one attached hydrogen (secondary N) is 1. The van der Waals surface area contributed by atoms with E-state index in [9.17, 15) is 0 Å². The fourth-order valence-electron chi connectivity index (χ4n) is 2.62. The largest absolute Gasteiger partial charge is 0.423 e. The highest BCUT2D eigenvalue weighted by molar-refractivity contribution is 6.31. The van der Waals surface area contributed by atoms with Crippen molar-refractivity contribution < 1.29 is 9.52 Å². The number of hydrogen-bond acceptors (Lipinski definition) is 4. The lowest BCUT2D eigenvalue weighted by Gasteiger charge is -2.27. The quantitative estimate of drug-likeness (QED) is 0.904. The Labute approximate surface area is 116 Å². The number of aliphatic hydroxyl groups excluding tert-OH is 1. The SMILES string of the molecule is OCC1CCC(Nc2nc3ccc(Cl)cc3o2)CC1. The maximum absolute atomic E-state index is 9.12. The highest BCUT2D eigenvalue weighted by Gasteiger charge is 2.21. The molecule has 1 aromatic heterocycles. The van der Waals surface area contributed by atoms with Gasteiger partial charge in [-0.15, -0.1) is 0 Å². The van der Waals surface area contributed by atoms with Gasteiger partial charge >= 0.3 is 0 Å². The molecule has 19 heavy (non-hydrogen) atoms. The van der Waals surface area contributed by atoms with Crippen molar-refractivity contribution in [1.29, 1.82) is 0 Å². The van der Waals surface area contributed by atoms with Crippen LogP contribution in [-0.2, 0) is 0 Å². The zero-order valence-electron chi connectivity index (χ0n) is 10.6. The lowest BCUT2D eigenvalue weighted by Crippen LogP contribution is -2.27. The zero-order chi connectivity index (χ0) is 13.2. The van der Waals surface area contributed by atoms with Gasteiger partial charge in [-0.05, 0) is 43.7 Å². The molecule has 0 amide bonds. The Morgan fingerprint density at radius 3 is 2.84 bits per heavy atom. The molecule has 0 aliphatic heterocycles. The van der Waals surface area contributed by atoms with Gasteiger partial charge in [-0.25, -0.2) is 0 Å². The third-order valence-corrected chi connectivity index (χ3v) is 4.02. The van der Waals surface area contributed by atoms with Gasteiger partial charge in [0.05, 0.1) is 0 Å². The first-order chi connectivity index (χ1) is 9.24. The first-order valence-corrected chi connectivity index (χ1v) is 7.06. The van der Waals surface area contributed by atoms with E-state index in [1.807, 2.05) is 12.1 Å². The molecule has 5 heteroatoms. The van der Waals surface area contributed by atoms with E-state index in [0.29, 0.717) is 35.2 Å². The van der Waals surface area contributed by atoms with E-state index in [4.69, 9.17) is 21.1 Å². The second-order valence-electron chi connectivity index (χ2n) is 5.18. The van der Waals surface area contributed by atoms with E-state index in [1.165, 1.54) is 0 Å². The molecule has 1 saturated carbocycles. The fourth-order valence-corrected chi connectivity index (χ4v) is 2.79. The van der Waals surface area contributed by atoms with Gasteiger partial charge in [0.15, 0.2) is 5.58 Å². The van der Waals surface area contributed by atoms with Crippen molar-refractivity contribution in [2.45, 2.75) is 31.7 Å². The summed E-state index contributed by atoms with van der Waals surface area (Å²) < 4.78 is 5.65. The molecule has 0 saturated heterocycles. The topological polar surface area (TPSA) is 58.3 Å². The van der Waals surface area contributed by atoms with Crippen LogP contribution in [0, 0.1) is 5.92 Å². The van der Waals surface area contributed by atoms with Crippen LogP contribution in [0.4, 0.5) is 6.01 Å². The molecule has 1 aromatic carbocycles. The molecule has 0 spiro atoms. The molecular formula is C14H17ClN2O2. The van der Waals surface area contributed by atoms with Crippen LogP contribution < -0.4 is 5.32 Å². The number of aliphatic hydroxyl groups is 1. The molecule has 1 aliphatic carbocycles. The maximum Gasteiger partial charge on any atom is 0.295 e. The van der Waals surface area contributed by atoms with Gasteiger partial charge in [0, 0.05) is 23.7 Å². The van der Waals surface area contributed by atoms with Gasteiger partial charge in [0.2, 0.25) is 0 Å². The minimum Gasteiger partial charge on any atom is -0.423 e. The summed E-state index contributed by atoms with van der Waals surface area (Å²) in [7, 11) is 0. The summed E-state index contributed by atoms with van der Waals surface area (Å²) in [6, 6.07) is 6.38. The maximum atomic E-state index is 9.12. The summed E-state index contributed by atoms with van der Waals surface area (Å²) in [5.74, 6) is 0.459. The number of aromatic nitrogens is 1. The molecule has 0 unspecified atom stereocenters. The number of halogens is 1. The molecule has 0 atom stereocenters. The Hall–Kier alpha value is -1.26. The van der Waals surface area contributed by atoms with Gasteiger partial charge in [0.25, 0.3) is 6.01 Å². The smallest absolute Gasteiger partial charge is 0.295 e. The zero-order valence-corrected chi connectivity index (χ0v) is 11.4. The molecule has 4 nitrogen and oxygen atoms in total. The molecule has 1 fully saturated rings. The average molecular weight is 281 g/mol. The molecule has 0 radical (unpaired) electrons. The molecule has 0 bridgehead atoms. The van der Waals surface area contributed by atoms with Gasteiger partial charge in [-0.1, -0.05) is 11.6 Å². The number of fused-ring (bicyclic) bond motifs is 1. The van der Waals surface area contributed by atoms with Crippen molar-refractivity contribution in [3.8, 4) is 0 Å². The predicted octanol–water partition coefficient (Wildman–Crippen LogP) is 3.44. The van der Waals surface area contributed by atoms with Crippen molar-refractivity contribution in [2.24, 2.45) is 5.92 Å². The average Bonchev–Trinajstić information content (AvgIpc) is 2.81. The van der Waals surface area contributed by atoms with Gasteiger partial charge in [0.1, 0.15) is 5.52 Å². The Balaban J connectivity index is 1.68. The van der Waals surface area contributed by atoms with E-state index in [-0.39, 0.29) is 0 Å². The monoisotopic (exact) mass is 280 g/mol. The van der Waals surface area contributed by atoms with Crippen LogP contribution in [0.1, 0.15) is 25.7 Å². The van der Waals surface area contributed by atoms with Gasteiger partial charge in [-0.2, -0.15) is 4.98 Å². The molecule has 1 aliphatic rings. The van der Waals surface area contributed by atoms with Crippen molar-refractivity contribution in [3.63, 3.8) is 0 Å². The van der Waals surface area contributed by atoms with Gasteiger partial charge < -0.3 is 14.8 Å². The van der Waals surface area contributed by atoms with E-state index in [1.54, 1.807) is 6.07 Å². The predicted molar refractivity (Wildman–Crippen MR) is 75.5 cm³/mol. The standard InChI is InChI=1S/C14H17ClN2O2/c15-10-3-6-12-13(7-10)19-14(17-12)16-11-4-1-9(8-18)2-5-11/h3,6-7,9,11,18H,1-2,4-5,8H2,(H,16,17). The van der Waals surface area contributed by atoms with Crippen molar-refractivity contribution in [2.75, 3.05) is 11.9 Å². The highest BCUT2D eigenvalue weighted by Crippen LogP contribution is 2.28. The third kappa shape index (κ3) is 2.85. The van der Waals surface area contributed by atoms with E-state index >= 15 is 0 Å². The number of oxazole rings is 1. The molecule has 102 valence electrons. The molecule has 3 rings (SSSR count). The fraction of sp³-hybridized carbons (Fsp3) is 0.500. The highest BCUT2D eigenvalue weighted by atomic mass is 35.5. The van der Waals surface area contributed by atoms with Crippen LogP contribution in [0.2, 0.25) is 5.02 Å². The van der Waals surface area contributed by atoms with Crippen LogP contribution in [0.15, 0.2) is 22.6 Å². The second-order valence-corrected chi connectivity index (χ2v) is 5.61. The number of nitrogens with zero attached hydrogens (tertiary/aromatic N) is 1. The Bertz CT molecular complexity index is 562. The Kier molecular flexibility index (Phi) is 3.62. The minimum atomic E-state index is 0.300. The van der Waals surface area contributed by atoms with Crippen LogP contribution in [0.3, 0.4) is 0 Å². The Morgan fingerprint density at radius 2 is 2.11 bits per heavy atom. The normalized spacial score (nSPS) is 23.7. The number of rotatable bonds is 3. The van der Waals surface area contributed by atoms with Crippen LogP contribution >= 0.6 is 11.6 Å². The van der Waals surface area contributed by atoms with E-state index < -0.39 is 0 Å².